The molecule has 1 saturated heterocycles. The van der Waals surface area contributed by atoms with E-state index in [1.807, 2.05) is 25.1 Å². The van der Waals surface area contributed by atoms with Gasteiger partial charge < -0.3 is 10.2 Å². The summed E-state index contributed by atoms with van der Waals surface area (Å²) in [6.45, 7) is 4.23. The number of carbonyl (C=O) groups is 1. The number of rotatable bonds is 3. The lowest BCUT2D eigenvalue weighted by molar-refractivity contribution is -0.115. The SMILES string of the molecule is Cc1cccc2c1C(C=Nc1ccc(N3CCC4CCCC=C4C3)cc1)C(=O)N2. The number of hydrogen-bond donors (Lipinski definition) is 1. The first-order valence-electron chi connectivity index (χ1n) is 10.7. The highest BCUT2D eigenvalue weighted by Gasteiger charge is 2.30. The third-order valence-corrected chi connectivity index (χ3v) is 6.57. The minimum Gasteiger partial charge on any atom is -0.368 e. The molecular formula is C25H27N3O. The number of anilines is 2. The van der Waals surface area contributed by atoms with E-state index in [2.05, 4.69) is 45.6 Å². The zero-order valence-electron chi connectivity index (χ0n) is 16.9. The van der Waals surface area contributed by atoms with Crippen molar-refractivity contribution in [1.82, 2.24) is 0 Å². The second-order valence-corrected chi connectivity index (χ2v) is 8.41. The van der Waals surface area contributed by atoms with Crippen LogP contribution in [0.1, 0.15) is 42.7 Å². The fraction of sp³-hybridized carbons (Fsp3) is 0.360. The second kappa shape index (κ2) is 7.51. The lowest BCUT2D eigenvalue weighted by Crippen LogP contribution is -2.36. The van der Waals surface area contributed by atoms with E-state index in [1.54, 1.807) is 11.8 Å². The number of nitrogens with zero attached hydrogens (tertiary/aromatic N) is 2. The monoisotopic (exact) mass is 385 g/mol. The van der Waals surface area contributed by atoms with Crippen molar-refractivity contribution in [3.05, 3.63) is 65.2 Å². The molecule has 0 spiro atoms. The molecule has 1 amide bonds. The number of nitrogens with one attached hydrogen (secondary N) is 1. The van der Waals surface area contributed by atoms with Crippen LogP contribution in [0, 0.1) is 12.8 Å². The molecule has 3 aliphatic rings. The molecule has 4 nitrogen and oxygen atoms in total. The van der Waals surface area contributed by atoms with Gasteiger partial charge in [-0.1, -0.05) is 23.8 Å². The summed E-state index contributed by atoms with van der Waals surface area (Å²) in [5.41, 5.74) is 6.84. The second-order valence-electron chi connectivity index (χ2n) is 8.41. The third-order valence-electron chi connectivity index (χ3n) is 6.57. The fourth-order valence-corrected chi connectivity index (χ4v) is 4.96. The number of aryl methyl sites for hydroxylation is 1. The molecule has 0 aromatic heterocycles. The number of amides is 1. The van der Waals surface area contributed by atoms with Gasteiger partial charge in [0.1, 0.15) is 5.92 Å². The van der Waals surface area contributed by atoms with E-state index >= 15 is 0 Å². The van der Waals surface area contributed by atoms with Gasteiger partial charge in [-0.05, 0) is 80.0 Å². The minimum absolute atomic E-state index is 0.00158. The normalized spacial score (nSPS) is 23.6. The highest BCUT2D eigenvalue weighted by Crippen LogP contribution is 2.35. The summed E-state index contributed by atoms with van der Waals surface area (Å²) in [4.78, 5) is 19.5. The maximum absolute atomic E-state index is 12.4. The average molecular weight is 386 g/mol. The largest absolute Gasteiger partial charge is 0.368 e. The van der Waals surface area contributed by atoms with Gasteiger partial charge in [-0.3, -0.25) is 9.79 Å². The Morgan fingerprint density at radius 1 is 1.14 bits per heavy atom. The Morgan fingerprint density at radius 2 is 2.00 bits per heavy atom. The van der Waals surface area contributed by atoms with E-state index in [4.69, 9.17) is 0 Å². The Labute approximate surface area is 172 Å². The first-order chi connectivity index (χ1) is 14.2. The van der Waals surface area contributed by atoms with Crippen molar-refractivity contribution in [2.45, 2.75) is 38.5 Å². The lowest BCUT2D eigenvalue weighted by atomic mass is 9.82. The summed E-state index contributed by atoms with van der Waals surface area (Å²) < 4.78 is 0. The molecule has 2 aromatic carbocycles. The lowest BCUT2D eigenvalue weighted by Gasteiger charge is -2.37. The number of piperidine rings is 1. The number of fused-ring (bicyclic) bond motifs is 2. The van der Waals surface area contributed by atoms with Crippen LogP contribution < -0.4 is 10.2 Å². The Morgan fingerprint density at radius 3 is 2.86 bits per heavy atom. The van der Waals surface area contributed by atoms with Crippen molar-refractivity contribution in [1.29, 1.82) is 0 Å². The molecule has 0 radical (unpaired) electrons. The molecule has 4 heteroatoms. The molecule has 2 heterocycles. The van der Waals surface area contributed by atoms with Crippen molar-refractivity contribution in [2.24, 2.45) is 10.9 Å². The van der Waals surface area contributed by atoms with Gasteiger partial charge >= 0.3 is 0 Å². The van der Waals surface area contributed by atoms with Gasteiger partial charge in [0.2, 0.25) is 5.91 Å². The molecule has 2 atom stereocenters. The van der Waals surface area contributed by atoms with Crippen molar-refractivity contribution < 1.29 is 4.79 Å². The molecule has 2 aromatic rings. The van der Waals surface area contributed by atoms with Crippen LogP contribution in [0.3, 0.4) is 0 Å². The van der Waals surface area contributed by atoms with Crippen LogP contribution in [0.15, 0.2) is 59.1 Å². The van der Waals surface area contributed by atoms with Crippen LogP contribution in [0.5, 0.6) is 0 Å². The van der Waals surface area contributed by atoms with E-state index in [9.17, 15) is 4.79 Å². The highest BCUT2D eigenvalue weighted by atomic mass is 16.2. The molecule has 0 bridgehead atoms. The van der Waals surface area contributed by atoms with E-state index < -0.39 is 0 Å². The van der Waals surface area contributed by atoms with Crippen molar-refractivity contribution in [3.8, 4) is 0 Å². The first kappa shape index (κ1) is 18.2. The molecule has 1 N–H and O–H groups in total. The third kappa shape index (κ3) is 3.48. The minimum atomic E-state index is -0.317. The Kier molecular flexibility index (Phi) is 4.70. The number of allylic oxidation sites excluding steroid dienone is 1. The molecule has 148 valence electrons. The smallest absolute Gasteiger partial charge is 0.237 e. The van der Waals surface area contributed by atoms with Crippen LogP contribution in [0.25, 0.3) is 0 Å². The zero-order valence-corrected chi connectivity index (χ0v) is 16.9. The van der Waals surface area contributed by atoms with E-state index in [0.717, 1.165) is 41.5 Å². The summed E-state index contributed by atoms with van der Waals surface area (Å²) in [6, 6.07) is 14.4. The van der Waals surface area contributed by atoms with Crippen molar-refractivity contribution >= 4 is 29.2 Å². The molecule has 2 unspecified atom stereocenters. The Bertz CT molecular complexity index is 990. The van der Waals surface area contributed by atoms with Gasteiger partial charge in [0.05, 0.1) is 5.69 Å². The van der Waals surface area contributed by atoms with Gasteiger partial charge in [0.25, 0.3) is 0 Å². The Hall–Kier alpha value is -2.88. The predicted octanol–water partition coefficient (Wildman–Crippen LogP) is 5.37. The van der Waals surface area contributed by atoms with Crippen LogP contribution in [-0.2, 0) is 4.79 Å². The fourth-order valence-electron chi connectivity index (χ4n) is 4.96. The molecule has 29 heavy (non-hydrogen) atoms. The van der Waals surface area contributed by atoms with E-state index in [1.165, 1.54) is 31.4 Å². The maximum Gasteiger partial charge on any atom is 0.237 e. The topological polar surface area (TPSA) is 44.7 Å². The number of aliphatic imine (C=N–C) groups is 1. The molecule has 1 aliphatic carbocycles. The molecule has 2 aliphatic heterocycles. The quantitative estimate of drug-likeness (QED) is 0.570. The number of carbonyl (C=O) groups excluding carboxylic acids is 1. The van der Waals surface area contributed by atoms with Crippen molar-refractivity contribution in [3.63, 3.8) is 0 Å². The van der Waals surface area contributed by atoms with Crippen LogP contribution >= 0.6 is 0 Å². The van der Waals surface area contributed by atoms with Gasteiger partial charge in [-0.2, -0.15) is 0 Å². The number of benzene rings is 2. The summed E-state index contributed by atoms with van der Waals surface area (Å²) in [7, 11) is 0. The van der Waals surface area contributed by atoms with E-state index in [0.29, 0.717) is 0 Å². The average Bonchev–Trinajstić information content (AvgIpc) is 3.08. The van der Waals surface area contributed by atoms with Crippen LogP contribution in [0.2, 0.25) is 0 Å². The molecule has 5 rings (SSSR count). The van der Waals surface area contributed by atoms with Crippen LogP contribution in [-0.4, -0.2) is 25.2 Å². The number of hydrogen-bond acceptors (Lipinski definition) is 3. The summed E-state index contributed by atoms with van der Waals surface area (Å²) in [6.07, 6.45) is 9.47. The first-order valence-corrected chi connectivity index (χ1v) is 10.7. The maximum atomic E-state index is 12.4. The Balaban J connectivity index is 1.30. The standard InChI is InChI=1S/C25H27N3O/c1-17-5-4-8-23-24(17)22(25(29)27-23)15-26-20-9-11-21(12-10-20)28-14-13-18-6-2-3-7-19(18)16-28/h4-5,7-12,15,18,22H,2-3,6,13-14,16H2,1H3,(H,27,29). The summed E-state index contributed by atoms with van der Waals surface area (Å²) in [5.74, 6) is 0.495. The van der Waals surface area contributed by atoms with Gasteiger partial charge in [-0.25, -0.2) is 0 Å². The predicted molar refractivity (Wildman–Crippen MR) is 119 cm³/mol. The summed E-state index contributed by atoms with van der Waals surface area (Å²) in [5, 5.41) is 2.96. The van der Waals surface area contributed by atoms with Gasteiger partial charge in [0, 0.05) is 30.7 Å². The zero-order chi connectivity index (χ0) is 19.8. The molecule has 1 fully saturated rings. The molecule has 0 saturated carbocycles. The van der Waals surface area contributed by atoms with Gasteiger partial charge in [0.15, 0.2) is 0 Å². The van der Waals surface area contributed by atoms with Crippen LogP contribution in [0.4, 0.5) is 17.1 Å². The van der Waals surface area contributed by atoms with E-state index in [-0.39, 0.29) is 11.8 Å². The highest BCUT2D eigenvalue weighted by molar-refractivity contribution is 6.13. The van der Waals surface area contributed by atoms with Crippen molar-refractivity contribution in [2.75, 3.05) is 23.3 Å². The summed E-state index contributed by atoms with van der Waals surface area (Å²) >= 11 is 0. The van der Waals surface area contributed by atoms with Gasteiger partial charge in [-0.15, -0.1) is 0 Å². The molecular weight excluding hydrogens is 358 g/mol.